The van der Waals surface area contributed by atoms with Crippen molar-refractivity contribution in [2.24, 2.45) is 0 Å². The molecule has 0 saturated carbocycles. The van der Waals surface area contributed by atoms with Crippen LogP contribution >= 0.6 is 0 Å². The van der Waals surface area contributed by atoms with Crippen molar-refractivity contribution in [3.63, 3.8) is 0 Å². The molecule has 0 atom stereocenters. The van der Waals surface area contributed by atoms with Gasteiger partial charge in [0.1, 0.15) is 24.4 Å². The molecule has 172 valence electrons. The van der Waals surface area contributed by atoms with Crippen LogP contribution < -0.4 is 4.74 Å². The van der Waals surface area contributed by atoms with Crippen LogP contribution in [-0.2, 0) is 23.3 Å². The number of methoxy groups -OCH3 is 2. The fourth-order valence-electron chi connectivity index (χ4n) is 4.00. The summed E-state index contributed by atoms with van der Waals surface area (Å²) in [7, 11) is 3.30. The molecule has 0 fully saturated rings. The quantitative estimate of drug-likeness (QED) is 0.387. The number of rotatable bonds is 3. The van der Waals surface area contributed by atoms with E-state index in [4.69, 9.17) is 9.47 Å². The molecule has 0 spiro atoms. The Morgan fingerprint density at radius 1 is 1.03 bits per heavy atom. The summed E-state index contributed by atoms with van der Waals surface area (Å²) in [6.07, 6.45) is 3.62. The Morgan fingerprint density at radius 3 is 2.59 bits per heavy atom. The number of hydrogen-bond acceptors (Lipinski definition) is 6. The highest BCUT2D eigenvalue weighted by Crippen LogP contribution is 2.34. The Hall–Kier alpha value is -3.96. The first-order chi connectivity index (χ1) is 16.4. The Labute approximate surface area is 198 Å². The number of benzene rings is 1. The highest BCUT2D eigenvalue weighted by atomic mass is 16.5. The highest BCUT2D eigenvalue weighted by Gasteiger charge is 2.26. The summed E-state index contributed by atoms with van der Waals surface area (Å²) in [6.45, 7) is 7.30. The SMILES string of the molecule is COCc1nnc2n1Cc1c(C#Cc3ccc(C(C)(C)C)nc3)ncn1-c1ccc(OC)cc1-2. The zero-order chi connectivity index (χ0) is 23.9. The van der Waals surface area contributed by atoms with Crippen LogP contribution in [0.3, 0.4) is 0 Å². The zero-order valence-electron chi connectivity index (χ0n) is 20.0. The van der Waals surface area contributed by atoms with E-state index in [1.54, 1.807) is 14.2 Å². The fraction of sp³-hybridized carbons (Fsp3) is 0.308. The number of nitrogens with zero attached hydrogens (tertiary/aromatic N) is 6. The van der Waals surface area contributed by atoms with E-state index in [1.807, 2.05) is 47.4 Å². The maximum absolute atomic E-state index is 5.47. The summed E-state index contributed by atoms with van der Waals surface area (Å²) in [5.74, 6) is 8.71. The molecule has 8 heteroatoms. The fourth-order valence-corrected chi connectivity index (χ4v) is 4.00. The van der Waals surface area contributed by atoms with Crippen molar-refractivity contribution < 1.29 is 9.47 Å². The molecule has 3 aromatic heterocycles. The molecule has 0 radical (unpaired) electrons. The largest absolute Gasteiger partial charge is 0.497 e. The van der Waals surface area contributed by atoms with Gasteiger partial charge in [0.15, 0.2) is 11.6 Å². The molecule has 0 amide bonds. The molecule has 4 aromatic rings. The van der Waals surface area contributed by atoms with Crippen LogP contribution in [0.4, 0.5) is 0 Å². The summed E-state index contributed by atoms with van der Waals surface area (Å²) in [6, 6.07) is 9.94. The normalized spacial score (nSPS) is 12.1. The molecule has 8 nitrogen and oxygen atoms in total. The van der Waals surface area contributed by atoms with E-state index in [0.717, 1.165) is 45.6 Å². The number of hydrogen-bond donors (Lipinski definition) is 0. The third-order valence-electron chi connectivity index (χ3n) is 5.84. The third kappa shape index (κ3) is 3.84. The zero-order valence-corrected chi connectivity index (χ0v) is 20.0. The van der Waals surface area contributed by atoms with Crippen LogP contribution in [0.5, 0.6) is 5.75 Å². The minimum Gasteiger partial charge on any atom is -0.497 e. The second-order valence-electron chi connectivity index (χ2n) is 9.18. The van der Waals surface area contributed by atoms with E-state index in [-0.39, 0.29) is 5.41 Å². The predicted molar refractivity (Wildman–Crippen MR) is 128 cm³/mol. The maximum atomic E-state index is 5.47. The molecule has 1 aromatic carbocycles. The number of ether oxygens (including phenoxy) is 2. The second-order valence-corrected chi connectivity index (χ2v) is 9.18. The molecule has 1 aliphatic heterocycles. The molecule has 0 N–H and O–H groups in total. The van der Waals surface area contributed by atoms with Crippen LogP contribution in [0.25, 0.3) is 17.1 Å². The van der Waals surface area contributed by atoms with Gasteiger partial charge >= 0.3 is 0 Å². The third-order valence-corrected chi connectivity index (χ3v) is 5.84. The summed E-state index contributed by atoms with van der Waals surface area (Å²) in [4.78, 5) is 9.22. The molecule has 0 aliphatic carbocycles. The van der Waals surface area contributed by atoms with E-state index in [9.17, 15) is 0 Å². The van der Waals surface area contributed by atoms with E-state index in [0.29, 0.717) is 18.8 Å². The molecule has 34 heavy (non-hydrogen) atoms. The van der Waals surface area contributed by atoms with Gasteiger partial charge in [-0.15, -0.1) is 10.2 Å². The minimum absolute atomic E-state index is 0.000317. The van der Waals surface area contributed by atoms with Crippen molar-refractivity contribution in [3.05, 3.63) is 71.3 Å². The Kier molecular flexibility index (Phi) is 5.42. The number of fused-ring (bicyclic) bond motifs is 5. The smallest absolute Gasteiger partial charge is 0.166 e. The average Bonchev–Trinajstić information content (AvgIpc) is 3.38. The predicted octanol–water partition coefficient (Wildman–Crippen LogP) is 3.74. The lowest BCUT2D eigenvalue weighted by molar-refractivity contribution is 0.174. The molecule has 0 saturated heterocycles. The average molecular weight is 455 g/mol. The number of pyridine rings is 1. The van der Waals surface area contributed by atoms with Crippen LogP contribution in [0.1, 0.15) is 49.2 Å². The van der Waals surface area contributed by atoms with Crippen molar-refractivity contribution in [2.45, 2.75) is 39.3 Å². The van der Waals surface area contributed by atoms with Crippen molar-refractivity contribution in [3.8, 4) is 34.7 Å². The van der Waals surface area contributed by atoms with E-state index < -0.39 is 0 Å². The van der Waals surface area contributed by atoms with Crippen LogP contribution in [-0.4, -0.2) is 43.5 Å². The monoisotopic (exact) mass is 454 g/mol. The van der Waals surface area contributed by atoms with E-state index in [2.05, 4.69) is 57.3 Å². The van der Waals surface area contributed by atoms with Crippen molar-refractivity contribution in [1.82, 2.24) is 29.3 Å². The molecule has 0 bridgehead atoms. The van der Waals surface area contributed by atoms with Gasteiger partial charge in [-0.3, -0.25) is 9.55 Å². The van der Waals surface area contributed by atoms with Gasteiger partial charge in [0.2, 0.25) is 0 Å². The lowest BCUT2D eigenvalue weighted by Crippen LogP contribution is -2.12. The minimum atomic E-state index is -0.000317. The number of imidazole rings is 1. The van der Waals surface area contributed by atoms with Crippen LogP contribution in [0, 0.1) is 11.8 Å². The summed E-state index contributed by atoms with van der Waals surface area (Å²) < 4.78 is 14.9. The van der Waals surface area contributed by atoms with Gasteiger partial charge in [-0.05, 0) is 36.3 Å². The standard InChI is InChI=1S/C26H26N6O2/c1-26(2,3)23-11-7-17(13-27-23)6-9-20-22-14-31-24(15-33-4)29-30-25(31)19-12-18(34-5)8-10-21(19)32(22)16-28-20/h7-8,10-13,16H,14-15H2,1-5H3. The Morgan fingerprint density at radius 2 is 1.88 bits per heavy atom. The van der Waals surface area contributed by atoms with Gasteiger partial charge < -0.3 is 14.0 Å². The Balaban J connectivity index is 1.60. The maximum Gasteiger partial charge on any atom is 0.166 e. The van der Waals surface area contributed by atoms with Crippen molar-refractivity contribution >= 4 is 0 Å². The molecule has 0 unspecified atom stereocenters. The van der Waals surface area contributed by atoms with Crippen molar-refractivity contribution in [2.75, 3.05) is 14.2 Å². The summed E-state index contributed by atoms with van der Waals surface area (Å²) in [5.41, 5.74) is 5.39. The van der Waals surface area contributed by atoms with Gasteiger partial charge in [0, 0.05) is 35.5 Å². The molecular weight excluding hydrogens is 428 g/mol. The molecule has 5 rings (SSSR count). The molecule has 4 heterocycles. The van der Waals surface area contributed by atoms with Crippen LogP contribution in [0.2, 0.25) is 0 Å². The van der Waals surface area contributed by atoms with E-state index >= 15 is 0 Å². The van der Waals surface area contributed by atoms with Gasteiger partial charge in [0.25, 0.3) is 0 Å². The topological polar surface area (TPSA) is 79.9 Å². The highest BCUT2D eigenvalue weighted by molar-refractivity contribution is 5.71. The van der Waals surface area contributed by atoms with Gasteiger partial charge in [-0.25, -0.2) is 4.98 Å². The first-order valence-electron chi connectivity index (χ1n) is 11.0. The van der Waals surface area contributed by atoms with Gasteiger partial charge in [-0.2, -0.15) is 0 Å². The van der Waals surface area contributed by atoms with E-state index in [1.165, 1.54) is 0 Å². The van der Waals surface area contributed by atoms with Gasteiger partial charge in [-0.1, -0.05) is 26.7 Å². The lowest BCUT2D eigenvalue weighted by Gasteiger charge is -2.16. The first kappa shape index (κ1) is 21.9. The Bertz CT molecular complexity index is 1410. The summed E-state index contributed by atoms with van der Waals surface area (Å²) >= 11 is 0. The molecular formula is C26H26N6O2. The van der Waals surface area contributed by atoms with Crippen LogP contribution in [0.15, 0.2) is 42.9 Å². The number of aromatic nitrogens is 6. The van der Waals surface area contributed by atoms with Crippen molar-refractivity contribution in [1.29, 1.82) is 0 Å². The summed E-state index contributed by atoms with van der Waals surface area (Å²) in [5, 5.41) is 8.83. The van der Waals surface area contributed by atoms with Gasteiger partial charge in [0.05, 0.1) is 25.0 Å². The first-order valence-corrected chi connectivity index (χ1v) is 11.0. The lowest BCUT2D eigenvalue weighted by atomic mass is 9.91. The molecule has 1 aliphatic rings. The second kappa shape index (κ2) is 8.43.